The van der Waals surface area contributed by atoms with Crippen LogP contribution in [0.1, 0.15) is 0 Å². The summed E-state index contributed by atoms with van der Waals surface area (Å²) in [5.74, 6) is 0.868. The van der Waals surface area contributed by atoms with E-state index in [1.165, 1.54) is 10.9 Å². The Balaban J connectivity index is 1.53. The number of anilines is 2. The molecular weight excluding hydrogens is 447 g/mol. The maximum atomic E-state index is 12.3. The first kappa shape index (κ1) is 20.8. The Kier molecular flexibility index (Phi) is 6.09. The van der Waals surface area contributed by atoms with Gasteiger partial charge in [-0.2, -0.15) is 9.78 Å². The molecule has 30 heavy (non-hydrogen) atoms. The van der Waals surface area contributed by atoms with E-state index in [1.54, 1.807) is 19.2 Å². The Bertz CT molecular complexity index is 1130. The highest BCUT2D eigenvalue weighted by Crippen LogP contribution is 2.32. The summed E-state index contributed by atoms with van der Waals surface area (Å²) < 4.78 is 6.67. The molecule has 0 unspecified atom stereocenters. The fraction of sp³-hybridized carbons (Fsp3) is 0.238. The molecule has 0 spiro atoms. The van der Waals surface area contributed by atoms with Crippen LogP contribution in [0.25, 0.3) is 5.69 Å². The molecular formula is C21H19Cl3N4O2. The van der Waals surface area contributed by atoms with Gasteiger partial charge < -0.3 is 14.5 Å². The Morgan fingerprint density at radius 1 is 0.900 bits per heavy atom. The van der Waals surface area contributed by atoms with Crippen molar-refractivity contribution in [1.29, 1.82) is 0 Å². The number of ether oxygens (including phenoxy) is 1. The molecule has 0 amide bonds. The van der Waals surface area contributed by atoms with Gasteiger partial charge in [0.05, 0.1) is 40.4 Å². The molecule has 3 aromatic rings. The van der Waals surface area contributed by atoms with Crippen molar-refractivity contribution in [1.82, 2.24) is 9.78 Å². The molecule has 0 atom stereocenters. The average Bonchev–Trinajstić information content (AvgIpc) is 2.78. The Labute approximate surface area is 189 Å². The van der Waals surface area contributed by atoms with Crippen molar-refractivity contribution in [3.05, 3.63) is 74.1 Å². The highest BCUT2D eigenvalue weighted by molar-refractivity contribution is 6.41. The standard InChI is InChI=1S/C21H19Cl3N4O2/c1-30-19-5-3-2-4-18(19)27-10-8-26(9-11-27)17-7-6-14(12-15(17)22)28-21(29)20(24)16(23)13-25-28/h2-7,12-13H,8-11H2,1H3. The zero-order valence-corrected chi connectivity index (χ0v) is 18.5. The summed E-state index contributed by atoms with van der Waals surface area (Å²) in [6.07, 6.45) is 1.34. The number of methoxy groups -OCH3 is 1. The number of hydrogen-bond donors (Lipinski definition) is 0. The lowest BCUT2D eigenvalue weighted by molar-refractivity contribution is 0.413. The predicted molar refractivity (Wildman–Crippen MR) is 122 cm³/mol. The Morgan fingerprint density at radius 2 is 1.57 bits per heavy atom. The topological polar surface area (TPSA) is 50.6 Å². The zero-order valence-electron chi connectivity index (χ0n) is 16.2. The minimum atomic E-state index is -0.488. The largest absolute Gasteiger partial charge is 0.495 e. The van der Waals surface area contributed by atoms with E-state index in [0.717, 1.165) is 43.3 Å². The molecule has 1 aromatic heterocycles. The number of para-hydroxylation sites is 2. The van der Waals surface area contributed by atoms with E-state index < -0.39 is 5.56 Å². The molecule has 9 heteroatoms. The summed E-state index contributed by atoms with van der Waals surface area (Å²) in [7, 11) is 1.68. The summed E-state index contributed by atoms with van der Waals surface area (Å²) in [4.78, 5) is 16.9. The lowest BCUT2D eigenvalue weighted by atomic mass is 10.2. The van der Waals surface area contributed by atoms with Gasteiger partial charge in [0.15, 0.2) is 0 Å². The van der Waals surface area contributed by atoms with E-state index in [2.05, 4.69) is 21.0 Å². The lowest BCUT2D eigenvalue weighted by Crippen LogP contribution is -2.46. The highest BCUT2D eigenvalue weighted by atomic mass is 35.5. The van der Waals surface area contributed by atoms with Crippen LogP contribution in [0.3, 0.4) is 0 Å². The van der Waals surface area contributed by atoms with Gasteiger partial charge in [-0.3, -0.25) is 4.79 Å². The molecule has 0 N–H and O–H groups in total. The van der Waals surface area contributed by atoms with Crippen LogP contribution in [0.2, 0.25) is 15.1 Å². The molecule has 6 nitrogen and oxygen atoms in total. The second kappa shape index (κ2) is 8.76. The molecule has 0 radical (unpaired) electrons. The van der Waals surface area contributed by atoms with E-state index in [1.807, 2.05) is 24.3 Å². The van der Waals surface area contributed by atoms with Crippen molar-refractivity contribution in [3.63, 3.8) is 0 Å². The monoisotopic (exact) mass is 464 g/mol. The summed E-state index contributed by atoms with van der Waals surface area (Å²) >= 11 is 18.4. The fourth-order valence-corrected chi connectivity index (χ4v) is 4.11. The zero-order chi connectivity index (χ0) is 21.3. The van der Waals surface area contributed by atoms with Crippen LogP contribution in [0, 0.1) is 0 Å². The molecule has 1 fully saturated rings. The van der Waals surface area contributed by atoms with Crippen LogP contribution in [0.15, 0.2) is 53.5 Å². The molecule has 0 saturated carbocycles. The van der Waals surface area contributed by atoms with Gasteiger partial charge in [-0.25, -0.2) is 0 Å². The van der Waals surface area contributed by atoms with Crippen molar-refractivity contribution in [3.8, 4) is 11.4 Å². The highest BCUT2D eigenvalue weighted by Gasteiger charge is 2.21. The van der Waals surface area contributed by atoms with Crippen LogP contribution < -0.4 is 20.1 Å². The van der Waals surface area contributed by atoms with Gasteiger partial charge in [-0.15, -0.1) is 0 Å². The smallest absolute Gasteiger partial charge is 0.291 e. The van der Waals surface area contributed by atoms with E-state index >= 15 is 0 Å². The van der Waals surface area contributed by atoms with E-state index in [-0.39, 0.29) is 10.0 Å². The Hall–Kier alpha value is -2.41. The van der Waals surface area contributed by atoms with Crippen LogP contribution in [-0.2, 0) is 0 Å². The molecule has 1 aliphatic rings. The molecule has 156 valence electrons. The number of rotatable bonds is 4. The van der Waals surface area contributed by atoms with Gasteiger partial charge >= 0.3 is 0 Å². The Morgan fingerprint density at radius 3 is 2.23 bits per heavy atom. The molecule has 1 saturated heterocycles. The molecule has 1 aliphatic heterocycles. The third kappa shape index (κ3) is 3.95. The van der Waals surface area contributed by atoms with Crippen molar-refractivity contribution in [2.24, 2.45) is 0 Å². The van der Waals surface area contributed by atoms with Gasteiger partial charge in [-0.1, -0.05) is 46.9 Å². The number of piperazine rings is 1. The molecule has 0 aliphatic carbocycles. The first-order valence-electron chi connectivity index (χ1n) is 9.36. The van der Waals surface area contributed by atoms with Crippen LogP contribution in [0.5, 0.6) is 5.75 Å². The molecule has 0 bridgehead atoms. The van der Waals surface area contributed by atoms with Crippen molar-refractivity contribution < 1.29 is 4.74 Å². The van der Waals surface area contributed by atoms with Crippen molar-refractivity contribution in [2.75, 3.05) is 43.1 Å². The van der Waals surface area contributed by atoms with Gasteiger partial charge in [0.25, 0.3) is 5.56 Å². The van der Waals surface area contributed by atoms with E-state index in [4.69, 9.17) is 39.5 Å². The van der Waals surface area contributed by atoms with Gasteiger partial charge in [-0.05, 0) is 30.3 Å². The predicted octanol–water partition coefficient (Wildman–Crippen LogP) is 4.53. The van der Waals surface area contributed by atoms with Gasteiger partial charge in [0, 0.05) is 26.2 Å². The third-order valence-electron chi connectivity index (χ3n) is 5.10. The van der Waals surface area contributed by atoms with Crippen molar-refractivity contribution in [2.45, 2.75) is 0 Å². The quantitative estimate of drug-likeness (QED) is 0.567. The lowest BCUT2D eigenvalue weighted by Gasteiger charge is -2.38. The number of hydrogen-bond acceptors (Lipinski definition) is 5. The number of aromatic nitrogens is 2. The molecule has 2 aromatic carbocycles. The van der Waals surface area contributed by atoms with Crippen LogP contribution in [0.4, 0.5) is 11.4 Å². The van der Waals surface area contributed by atoms with Crippen molar-refractivity contribution >= 4 is 46.2 Å². The maximum absolute atomic E-state index is 12.3. The van der Waals surface area contributed by atoms with Crippen LogP contribution >= 0.6 is 34.8 Å². The second-order valence-electron chi connectivity index (χ2n) is 6.81. The average molecular weight is 466 g/mol. The number of benzene rings is 2. The SMILES string of the molecule is COc1ccccc1N1CCN(c2ccc(-n3ncc(Cl)c(Cl)c3=O)cc2Cl)CC1. The van der Waals surface area contributed by atoms with E-state index in [9.17, 15) is 4.79 Å². The van der Waals surface area contributed by atoms with Crippen LogP contribution in [-0.4, -0.2) is 43.1 Å². The first-order chi connectivity index (χ1) is 14.5. The van der Waals surface area contributed by atoms with Gasteiger partial charge in [0.2, 0.25) is 0 Å². The van der Waals surface area contributed by atoms with Gasteiger partial charge in [0.1, 0.15) is 10.8 Å². The number of halogens is 3. The van der Waals surface area contributed by atoms with E-state index in [0.29, 0.717) is 10.7 Å². The fourth-order valence-electron chi connectivity index (χ4n) is 3.56. The molecule has 2 heterocycles. The first-order valence-corrected chi connectivity index (χ1v) is 10.5. The summed E-state index contributed by atoms with van der Waals surface area (Å²) in [6, 6.07) is 13.4. The number of nitrogens with zero attached hydrogens (tertiary/aromatic N) is 4. The minimum absolute atomic E-state index is 0.0701. The third-order valence-corrected chi connectivity index (χ3v) is 6.15. The molecule has 4 rings (SSSR count). The summed E-state index contributed by atoms with van der Waals surface area (Å²) in [5, 5.41) is 4.64. The maximum Gasteiger partial charge on any atom is 0.291 e. The summed E-state index contributed by atoms with van der Waals surface area (Å²) in [6.45, 7) is 3.29. The minimum Gasteiger partial charge on any atom is -0.495 e. The summed E-state index contributed by atoms with van der Waals surface area (Å²) in [5.41, 5.74) is 2.04. The second-order valence-corrected chi connectivity index (χ2v) is 8.00. The normalized spacial score (nSPS) is 14.1.